The maximum Gasteiger partial charge on any atom is 0.291 e. The van der Waals surface area contributed by atoms with Gasteiger partial charge in [0.15, 0.2) is 0 Å². The maximum absolute atomic E-state index is 12.0. The van der Waals surface area contributed by atoms with E-state index in [0.29, 0.717) is 5.82 Å². The number of ether oxygens (including phenoxy) is 1. The van der Waals surface area contributed by atoms with E-state index in [9.17, 15) is 4.79 Å². The van der Waals surface area contributed by atoms with Gasteiger partial charge in [-0.2, -0.15) is 0 Å². The van der Waals surface area contributed by atoms with Gasteiger partial charge in [-0.15, -0.1) is 5.10 Å². The Bertz CT molecular complexity index is 621. The number of hydrogen-bond acceptors (Lipinski definition) is 4. The fourth-order valence-electron chi connectivity index (χ4n) is 1.98. The monoisotopic (exact) mass is 274 g/mol. The first kappa shape index (κ1) is 14.0. The maximum atomic E-state index is 12.0. The molecule has 20 heavy (non-hydrogen) atoms. The zero-order chi connectivity index (χ0) is 14.7. The molecule has 2 aromatic rings. The van der Waals surface area contributed by atoms with E-state index >= 15 is 0 Å². The van der Waals surface area contributed by atoms with Crippen LogP contribution in [-0.4, -0.2) is 28.2 Å². The first-order valence-corrected chi connectivity index (χ1v) is 6.35. The molecule has 106 valence electrons. The predicted molar refractivity (Wildman–Crippen MR) is 74.7 cm³/mol. The lowest BCUT2D eigenvalue weighted by Gasteiger charge is -2.17. The van der Waals surface area contributed by atoms with E-state index in [4.69, 9.17) is 4.74 Å². The lowest BCUT2D eigenvalue weighted by atomic mass is 10.0. The number of nitrogens with one attached hydrogen (secondary N) is 2. The zero-order valence-corrected chi connectivity index (χ0v) is 12.0. The Labute approximate surface area is 117 Å². The normalized spacial score (nSPS) is 12.0. The fourth-order valence-corrected chi connectivity index (χ4v) is 1.98. The average Bonchev–Trinajstić information content (AvgIpc) is 2.85. The van der Waals surface area contributed by atoms with E-state index in [2.05, 4.69) is 20.5 Å². The summed E-state index contributed by atoms with van der Waals surface area (Å²) in [6.45, 7) is 5.64. The van der Waals surface area contributed by atoms with Crippen LogP contribution in [0.2, 0.25) is 0 Å². The summed E-state index contributed by atoms with van der Waals surface area (Å²) in [5.74, 6) is 1.18. The summed E-state index contributed by atoms with van der Waals surface area (Å²) in [6, 6.07) is 5.66. The van der Waals surface area contributed by atoms with Crippen LogP contribution in [0.5, 0.6) is 5.75 Å². The van der Waals surface area contributed by atoms with E-state index in [1.54, 1.807) is 14.0 Å². The number of carbonyl (C=O) groups is 1. The van der Waals surface area contributed by atoms with Crippen LogP contribution in [0.25, 0.3) is 0 Å². The lowest BCUT2D eigenvalue weighted by molar-refractivity contribution is 0.0929. The predicted octanol–water partition coefficient (Wildman–Crippen LogP) is 1.92. The average molecular weight is 274 g/mol. The molecule has 0 spiro atoms. The van der Waals surface area contributed by atoms with Crippen molar-refractivity contribution in [2.75, 3.05) is 7.11 Å². The molecule has 6 nitrogen and oxygen atoms in total. The summed E-state index contributed by atoms with van der Waals surface area (Å²) >= 11 is 0. The van der Waals surface area contributed by atoms with Gasteiger partial charge in [-0.1, -0.05) is 17.7 Å². The SMILES string of the molecule is COc1ccc(C)cc1C(C)NC(=O)c1n[nH]c(C)n1. The van der Waals surface area contributed by atoms with E-state index in [-0.39, 0.29) is 17.8 Å². The molecule has 0 saturated heterocycles. The highest BCUT2D eigenvalue weighted by atomic mass is 16.5. The number of H-pyrrole nitrogens is 1. The molecule has 0 radical (unpaired) electrons. The molecular weight excluding hydrogens is 256 g/mol. The Morgan fingerprint density at radius 1 is 1.40 bits per heavy atom. The van der Waals surface area contributed by atoms with Crippen molar-refractivity contribution in [3.05, 3.63) is 41.0 Å². The van der Waals surface area contributed by atoms with Gasteiger partial charge in [0.25, 0.3) is 5.91 Å². The Kier molecular flexibility index (Phi) is 4.02. The van der Waals surface area contributed by atoms with Gasteiger partial charge < -0.3 is 10.1 Å². The second kappa shape index (κ2) is 5.73. The third kappa shape index (κ3) is 2.96. The first-order valence-electron chi connectivity index (χ1n) is 6.35. The standard InChI is InChI=1S/C14H18N4O2/c1-8-5-6-12(20-4)11(7-8)9(2)15-14(19)13-16-10(3)17-18-13/h5-7,9H,1-4H3,(H,15,19)(H,16,17,18). The molecule has 0 fully saturated rings. The van der Waals surface area contributed by atoms with Crippen molar-refractivity contribution < 1.29 is 9.53 Å². The van der Waals surface area contributed by atoms with Crippen molar-refractivity contribution in [2.24, 2.45) is 0 Å². The highest BCUT2D eigenvalue weighted by molar-refractivity contribution is 5.90. The molecule has 0 aliphatic carbocycles. The van der Waals surface area contributed by atoms with Crippen LogP contribution in [0.4, 0.5) is 0 Å². The number of aromatic amines is 1. The van der Waals surface area contributed by atoms with Crippen LogP contribution in [0, 0.1) is 13.8 Å². The number of rotatable bonds is 4. The van der Waals surface area contributed by atoms with E-state index in [0.717, 1.165) is 16.9 Å². The van der Waals surface area contributed by atoms with Gasteiger partial charge in [0.2, 0.25) is 5.82 Å². The van der Waals surface area contributed by atoms with Crippen LogP contribution in [0.3, 0.4) is 0 Å². The van der Waals surface area contributed by atoms with Crippen molar-refractivity contribution in [1.29, 1.82) is 0 Å². The molecular formula is C14H18N4O2. The molecule has 0 aliphatic heterocycles. The molecule has 0 bridgehead atoms. The Morgan fingerprint density at radius 2 is 2.15 bits per heavy atom. The van der Waals surface area contributed by atoms with Crippen LogP contribution < -0.4 is 10.1 Å². The van der Waals surface area contributed by atoms with Crippen LogP contribution in [-0.2, 0) is 0 Å². The number of aryl methyl sites for hydroxylation is 2. The molecule has 0 aliphatic rings. The molecule has 1 aromatic carbocycles. The van der Waals surface area contributed by atoms with Crippen molar-refractivity contribution in [2.45, 2.75) is 26.8 Å². The Morgan fingerprint density at radius 3 is 2.75 bits per heavy atom. The molecule has 6 heteroatoms. The number of hydrogen-bond donors (Lipinski definition) is 2. The minimum absolute atomic E-state index is 0.140. The highest BCUT2D eigenvalue weighted by Crippen LogP contribution is 2.26. The summed E-state index contributed by atoms with van der Waals surface area (Å²) in [6.07, 6.45) is 0. The van der Waals surface area contributed by atoms with Crippen molar-refractivity contribution in [1.82, 2.24) is 20.5 Å². The number of methoxy groups -OCH3 is 1. The molecule has 0 saturated carbocycles. The second-order valence-electron chi connectivity index (χ2n) is 4.68. The van der Waals surface area contributed by atoms with Gasteiger partial charge in [0.05, 0.1) is 13.2 Å². The van der Waals surface area contributed by atoms with E-state index < -0.39 is 0 Å². The van der Waals surface area contributed by atoms with Crippen molar-refractivity contribution >= 4 is 5.91 Å². The number of amides is 1. The van der Waals surface area contributed by atoms with Gasteiger partial charge in [0, 0.05) is 5.56 Å². The Balaban J connectivity index is 2.17. The van der Waals surface area contributed by atoms with Crippen LogP contribution in [0.15, 0.2) is 18.2 Å². The number of aromatic nitrogens is 3. The number of benzene rings is 1. The third-order valence-corrected chi connectivity index (χ3v) is 3.00. The largest absolute Gasteiger partial charge is 0.496 e. The summed E-state index contributed by atoms with van der Waals surface area (Å²) in [7, 11) is 1.61. The highest BCUT2D eigenvalue weighted by Gasteiger charge is 2.17. The van der Waals surface area contributed by atoms with Gasteiger partial charge >= 0.3 is 0 Å². The molecule has 1 heterocycles. The summed E-state index contributed by atoms with van der Waals surface area (Å²) in [5, 5.41) is 9.35. The smallest absolute Gasteiger partial charge is 0.291 e. The third-order valence-electron chi connectivity index (χ3n) is 3.00. The molecule has 1 atom stereocenters. The van der Waals surface area contributed by atoms with Crippen LogP contribution >= 0.6 is 0 Å². The second-order valence-corrected chi connectivity index (χ2v) is 4.68. The van der Waals surface area contributed by atoms with Crippen molar-refractivity contribution in [3.8, 4) is 5.75 Å². The zero-order valence-electron chi connectivity index (χ0n) is 12.0. The fraction of sp³-hybridized carbons (Fsp3) is 0.357. The van der Waals surface area contributed by atoms with E-state index in [1.807, 2.05) is 32.0 Å². The first-order chi connectivity index (χ1) is 9.51. The lowest BCUT2D eigenvalue weighted by Crippen LogP contribution is -2.28. The molecule has 1 aromatic heterocycles. The van der Waals surface area contributed by atoms with Gasteiger partial charge in [-0.05, 0) is 26.8 Å². The summed E-state index contributed by atoms with van der Waals surface area (Å²) < 4.78 is 5.32. The summed E-state index contributed by atoms with van der Waals surface area (Å²) in [4.78, 5) is 16.0. The number of carbonyl (C=O) groups excluding carboxylic acids is 1. The van der Waals surface area contributed by atoms with Crippen LogP contribution in [0.1, 0.15) is 40.5 Å². The van der Waals surface area contributed by atoms with Gasteiger partial charge in [-0.3, -0.25) is 9.89 Å². The topological polar surface area (TPSA) is 79.9 Å². The molecule has 1 amide bonds. The molecule has 2 rings (SSSR count). The quantitative estimate of drug-likeness (QED) is 0.892. The summed E-state index contributed by atoms with van der Waals surface area (Å²) in [5.41, 5.74) is 2.03. The van der Waals surface area contributed by atoms with E-state index in [1.165, 1.54) is 0 Å². The van der Waals surface area contributed by atoms with Gasteiger partial charge in [0.1, 0.15) is 11.6 Å². The minimum Gasteiger partial charge on any atom is -0.496 e. The molecule has 2 N–H and O–H groups in total. The van der Waals surface area contributed by atoms with Crippen molar-refractivity contribution in [3.63, 3.8) is 0 Å². The molecule has 1 unspecified atom stereocenters. The number of nitrogens with zero attached hydrogens (tertiary/aromatic N) is 2. The van der Waals surface area contributed by atoms with Gasteiger partial charge in [-0.25, -0.2) is 4.98 Å². The minimum atomic E-state index is -0.314. The Hall–Kier alpha value is -2.37.